The topological polar surface area (TPSA) is 176 Å². The summed E-state index contributed by atoms with van der Waals surface area (Å²) in [4.78, 5) is 31.4. The van der Waals surface area contributed by atoms with E-state index in [4.69, 9.17) is 39.7 Å². The zero-order valence-corrected chi connectivity index (χ0v) is 9.18. The van der Waals surface area contributed by atoms with Gasteiger partial charge in [0.25, 0.3) is 0 Å². The van der Waals surface area contributed by atoms with Gasteiger partial charge in [-0.2, -0.15) is 0 Å². The highest BCUT2D eigenvalue weighted by atomic mass is 31.2. The lowest BCUT2D eigenvalue weighted by molar-refractivity contribution is -0.132. The van der Waals surface area contributed by atoms with Gasteiger partial charge in [-0.1, -0.05) is 0 Å². The summed E-state index contributed by atoms with van der Waals surface area (Å²) in [5.41, 5.74) is 0. The largest absolute Gasteiger partial charge is 0.466 e. The van der Waals surface area contributed by atoms with Gasteiger partial charge in [0, 0.05) is 0 Å². The minimum atomic E-state index is -4.64. The lowest BCUT2D eigenvalue weighted by atomic mass is 10.1. The van der Waals surface area contributed by atoms with Crippen molar-refractivity contribution >= 4 is 14.1 Å². The minimum Gasteiger partial charge on any atom is -0.391 e. The molecule has 7 N–H and O–H groups in total. The van der Waals surface area contributed by atoms with Crippen LogP contribution in [0.1, 0.15) is 6.92 Å². The van der Waals surface area contributed by atoms with Gasteiger partial charge in [0.05, 0.1) is 6.10 Å². The summed E-state index contributed by atoms with van der Waals surface area (Å²) in [5.74, 6) is 0. The van der Waals surface area contributed by atoms with E-state index < -0.39 is 32.2 Å². The van der Waals surface area contributed by atoms with Crippen molar-refractivity contribution in [3.8, 4) is 0 Å². The van der Waals surface area contributed by atoms with Crippen LogP contribution in [-0.2, 0) is 9.36 Å². The van der Waals surface area contributed by atoms with Crippen molar-refractivity contribution in [1.29, 1.82) is 0 Å². The number of rotatable bonds is 4. The average molecular weight is 262 g/mol. The fourth-order valence-electron chi connectivity index (χ4n) is 0.568. The van der Waals surface area contributed by atoms with Crippen LogP contribution in [0.25, 0.3) is 0 Å². The molecular formula is C6H15O9P. The molecule has 0 aromatic rings. The van der Waals surface area contributed by atoms with Crippen LogP contribution >= 0.6 is 7.82 Å². The Morgan fingerprint density at radius 2 is 1.31 bits per heavy atom. The summed E-state index contributed by atoms with van der Waals surface area (Å²) in [5, 5.41) is 35.1. The second-order valence-corrected chi connectivity index (χ2v) is 3.89. The number of phosphoric acid groups is 1. The van der Waals surface area contributed by atoms with Crippen LogP contribution in [0.15, 0.2) is 0 Å². The molecule has 0 aliphatic heterocycles. The number of aliphatic hydroxyl groups is 4. The zero-order chi connectivity index (χ0) is 13.5. The van der Waals surface area contributed by atoms with E-state index in [-0.39, 0.29) is 6.29 Å². The molecule has 98 valence electrons. The molecule has 9 nitrogen and oxygen atoms in total. The third kappa shape index (κ3) is 11.7. The monoisotopic (exact) mass is 262 g/mol. The SMILES string of the molecule is C[C@@H](O)[C@@H](O)[C@H](O)[C@H](O)C=O.O=P(O)(O)O. The van der Waals surface area contributed by atoms with E-state index >= 15 is 0 Å². The smallest absolute Gasteiger partial charge is 0.391 e. The number of carbonyl (C=O) groups is 1. The number of carbonyl (C=O) groups excluding carboxylic acids is 1. The molecule has 0 saturated heterocycles. The summed E-state index contributed by atoms with van der Waals surface area (Å²) >= 11 is 0. The Morgan fingerprint density at radius 1 is 1.00 bits per heavy atom. The maximum atomic E-state index is 9.87. The second kappa shape index (κ2) is 7.82. The molecule has 16 heavy (non-hydrogen) atoms. The maximum absolute atomic E-state index is 9.87. The Balaban J connectivity index is 0. The van der Waals surface area contributed by atoms with Crippen LogP contribution in [0.5, 0.6) is 0 Å². The molecule has 0 aromatic heterocycles. The molecule has 0 radical (unpaired) electrons. The molecule has 0 aliphatic rings. The average Bonchev–Trinajstić information content (AvgIpc) is 2.11. The molecule has 0 aromatic carbocycles. The van der Waals surface area contributed by atoms with Gasteiger partial charge in [-0.25, -0.2) is 4.57 Å². The van der Waals surface area contributed by atoms with Crippen LogP contribution in [0.2, 0.25) is 0 Å². The molecule has 0 unspecified atom stereocenters. The van der Waals surface area contributed by atoms with Crippen molar-refractivity contribution in [3.05, 3.63) is 0 Å². The Kier molecular flexibility index (Phi) is 8.80. The lowest BCUT2D eigenvalue weighted by Crippen LogP contribution is -2.43. The zero-order valence-electron chi connectivity index (χ0n) is 8.28. The summed E-state index contributed by atoms with van der Waals surface area (Å²) in [6.07, 6.45) is -5.88. The fourth-order valence-corrected chi connectivity index (χ4v) is 0.568. The second-order valence-electron chi connectivity index (χ2n) is 2.86. The van der Waals surface area contributed by atoms with E-state index in [1.54, 1.807) is 0 Å². The van der Waals surface area contributed by atoms with Crippen molar-refractivity contribution < 1.29 is 44.5 Å². The summed E-state index contributed by atoms with van der Waals surface area (Å²) in [6.45, 7) is 1.24. The molecule has 0 fully saturated rings. The van der Waals surface area contributed by atoms with Gasteiger partial charge in [-0.15, -0.1) is 0 Å². The fraction of sp³-hybridized carbons (Fsp3) is 0.833. The lowest BCUT2D eigenvalue weighted by Gasteiger charge is -2.21. The molecule has 0 saturated carbocycles. The van der Waals surface area contributed by atoms with Gasteiger partial charge in [-0.3, -0.25) is 0 Å². The quantitative estimate of drug-likeness (QED) is 0.202. The van der Waals surface area contributed by atoms with Gasteiger partial charge >= 0.3 is 7.82 Å². The van der Waals surface area contributed by atoms with E-state index in [1.807, 2.05) is 0 Å². The van der Waals surface area contributed by atoms with Gasteiger partial charge < -0.3 is 39.9 Å². The Morgan fingerprint density at radius 3 is 1.50 bits per heavy atom. The predicted octanol–water partition coefficient (Wildman–Crippen LogP) is -3.28. The van der Waals surface area contributed by atoms with Crippen LogP contribution in [0, 0.1) is 0 Å². The number of hydrogen-bond acceptors (Lipinski definition) is 6. The first-order valence-corrected chi connectivity index (χ1v) is 5.53. The Labute approximate surface area is 90.8 Å². The van der Waals surface area contributed by atoms with E-state index in [0.29, 0.717) is 0 Å². The van der Waals surface area contributed by atoms with Crippen molar-refractivity contribution in [2.24, 2.45) is 0 Å². The van der Waals surface area contributed by atoms with Crippen molar-refractivity contribution in [2.45, 2.75) is 31.3 Å². The van der Waals surface area contributed by atoms with Gasteiger partial charge in [0.2, 0.25) is 0 Å². The summed E-state index contributed by atoms with van der Waals surface area (Å²) < 4.78 is 8.88. The molecule has 0 spiro atoms. The minimum absolute atomic E-state index is 0.0935. The van der Waals surface area contributed by atoms with Crippen molar-refractivity contribution in [2.75, 3.05) is 0 Å². The number of aldehydes is 1. The molecule has 10 heteroatoms. The van der Waals surface area contributed by atoms with Gasteiger partial charge in [-0.05, 0) is 6.92 Å². The third-order valence-corrected chi connectivity index (χ3v) is 1.33. The third-order valence-electron chi connectivity index (χ3n) is 1.33. The predicted molar refractivity (Wildman–Crippen MR) is 50.0 cm³/mol. The standard InChI is InChI=1S/C6H12O5.H3O4P/c1-3(8)5(10)6(11)4(9)2-7;1-5(2,3)4/h2-6,8-11H,1H3;(H3,1,2,3,4)/t3-,4-,5-,6-;/m1./s1. The summed E-state index contributed by atoms with van der Waals surface area (Å²) in [6, 6.07) is 0. The van der Waals surface area contributed by atoms with Crippen LogP contribution in [0.3, 0.4) is 0 Å². The van der Waals surface area contributed by atoms with Gasteiger partial charge in [0.15, 0.2) is 6.29 Å². The van der Waals surface area contributed by atoms with Crippen molar-refractivity contribution in [3.63, 3.8) is 0 Å². The normalized spacial score (nSPS) is 18.8. The highest BCUT2D eigenvalue weighted by Crippen LogP contribution is 2.25. The van der Waals surface area contributed by atoms with E-state index in [9.17, 15) is 4.79 Å². The highest BCUT2D eigenvalue weighted by Gasteiger charge is 2.27. The Hall–Kier alpha value is -0.380. The first kappa shape index (κ1) is 18.0. The molecule has 0 amide bonds. The van der Waals surface area contributed by atoms with E-state index in [0.717, 1.165) is 0 Å². The summed E-state index contributed by atoms with van der Waals surface area (Å²) in [7, 11) is -4.64. The van der Waals surface area contributed by atoms with E-state index in [1.165, 1.54) is 6.92 Å². The van der Waals surface area contributed by atoms with E-state index in [2.05, 4.69) is 0 Å². The van der Waals surface area contributed by atoms with Crippen molar-refractivity contribution in [1.82, 2.24) is 0 Å². The molecule has 0 aliphatic carbocycles. The van der Waals surface area contributed by atoms with Crippen LogP contribution in [-0.4, -0.2) is 65.8 Å². The molecular weight excluding hydrogens is 247 g/mol. The molecule has 0 heterocycles. The maximum Gasteiger partial charge on any atom is 0.466 e. The Bertz CT molecular complexity index is 228. The first-order chi connectivity index (χ1) is 7.00. The molecule has 4 atom stereocenters. The molecule has 0 bridgehead atoms. The van der Waals surface area contributed by atoms with Gasteiger partial charge in [0.1, 0.15) is 18.3 Å². The molecule has 0 rings (SSSR count). The first-order valence-electron chi connectivity index (χ1n) is 3.96. The van der Waals surface area contributed by atoms with Crippen LogP contribution < -0.4 is 0 Å². The number of hydrogen-bond donors (Lipinski definition) is 7. The highest BCUT2D eigenvalue weighted by molar-refractivity contribution is 7.45. The number of aliphatic hydroxyl groups excluding tert-OH is 4. The van der Waals surface area contributed by atoms with Crippen LogP contribution in [0.4, 0.5) is 0 Å².